The predicted octanol–water partition coefficient (Wildman–Crippen LogP) is 0.297. The number of thiocarbonyl (C=S) groups is 1. The van der Waals surface area contributed by atoms with Gasteiger partial charge in [-0.15, -0.1) is 0 Å². The van der Waals surface area contributed by atoms with Gasteiger partial charge in [0.2, 0.25) is 10.0 Å². The second kappa shape index (κ2) is 6.35. The van der Waals surface area contributed by atoms with Gasteiger partial charge in [0, 0.05) is 18.4 Å². The van der Waals surface area contributed by atoms with Gasteiger partial charge in [-0.1, -0.05) is 29.9 Å². The largest absolute Gasteiger partial charge is 0.389 e. The number of sulfonamides is 1. The van der Waals surface area contributed by atoms with Gasteiger partial charge < -0.3 is 5.73 Å². The number of halogens is 1. The summed E-state index contributed by atoms with van der Waals surface area (Å²) in [6, 6.07) is 4.04. The molecule has 1 aromatic carbocycles. The summed E-state index contributed by atoms with van der Waals surface area (Å²) >= 11 is 10.6. The van der Waals surface area contributed by atoms with Crippen LogP contribution in [0, 0.1) is 0 Å². The highest BCUT2D eigenvalue weighted by molar-refractivity contribution is 7.91. The van der Waals surface area contributed by atoms with E-state index in [1.807, 2.05) is 0 Å². The number of nitrogens with two attached hydrogens (primary N) is 1. The van der Waals surface area contributed by atoms with Gasteiger partial charge in [0.1, 0.15) is 19.7 Å². The van der Waals surface area contributed by atoms with Gasteiger partial charge in [-0.25, -0.2) is 21.6 Å². The van der Waals surface area contributed by atoms with Gasteiger partial charge in [-0.2, -0.15) is 0 Å². The maximum absolute atomic E-state index is 12.0. The van der Waals surface area contributed by atoms with E-state index in [0.29, 0.717) is 5.56 Å². The number of sulfone groups is 1. The minimum absolute atomic E-state index is 0.0397. The van der Waals surface area contributed by atoms with Crippen LogP contribution in [0.1, 0.15) is 5.56 Å². The van der Waals surface area contributed by atoms with E-state index < -0.39 is 19.9 Å². The molecule has 0 heterocycles. The van der Waals surface area contributed by atoms with Crippen LogP contribution in [0.25, 0.3) is 0 Å². The topological polar surface area (TPSA) is 106 Å². The molecule has 1 aromatic rings. The smallest absolute Gasteiger partial charge is 0.242 e. The zero-order valence-electron chi connectivity index (χ0n) is 10.5. The highest BCUT2D eigenvalue weighted by Crippen LogP contribution is 2.22. The van der Waals surface area contributed by atoms with E-state index in [-0.39, 0.29) is 27.2 Å². The Morgan fingerprint density at radius 1 is 1.35 bits per heavy atom. The summed E-state index contributed by atoms with van der Waals surface area (Å²) in [6.45, 7) is -0.228. The first kappa shape index (κ1) is 17.3. The highest BCUT2D eigenvalue weighted by Gasteiger charge is 2.18. The fourth-order valence-electron chi connectivity index (χ4n) is 1.31. The normalized spacial score (nSPS) is 12.3. The van der Waals surface area contributed by atoms with Crippen LogP contribution in [0.4, 0.5) is 0 Å². The SMILES string of the molecule is CS(=O)(=O)CCNS(=O)(=O)c1ccc(C(N)=S)cc1Cl. The Balaban J connectivity index is 2.96. The molecule has 1 rings (SSSR count). The molecule has 112 valence electrons. The molecule has 0 aliphatic carbocycles. The van der Waals surface area contributed by atoms with E-state index in [0.717, 1.165) is 6.26 Å². The Morgan fingerprint density at radius 3 is 2.40 bits per heavy atom. The molecule has 0 saturated heterocycles. The van der Waals surface area contributed by atoms with Crippen molar-refractivity contribution in [2.75, 3.05) is 18.6 Å². The van der Waals surface area contributed by atoms with Gasteiger partial charge in [-0.3, -0.25) is 0 Å². The van der Waals surface area contributed by atoms with Crippen molar-refractivity contribution >= 4 is 48.7 Å². The number of hydrogen-bond donors (Lipinski definition) is 2. The third-order valence-electron chi connectivity index (χ3n) is 2.27. The maximum atomic E-state index is 12.0. The van der Waals surface area contributed by atoms with Gasteiger partial charge >= 0.3 is 0 Å². The molecule has 0 spiro atoms. The van der Waals surface area contributed by atoms with Crippen LogP contribution < -0.4 is 10.5 Å². The minimum atomic E-state index is -3.89. The predicted molar refractivity (Wildman–Crippen MR) is 82.2 cm³/mol. The fraction of sp³-hybridized carbons (Fsp3) is 0.300. The first-order chi connectivity index (χ1) is 9.03. The average molecular weight is 357 g/mol. The maximum Gasteiger partial charge on any atom is 0.242 e. The summed E-state index contributed by atoms with van der Waals surface area (Å²) in [6.07, 6.45) is 1.02. The van der Waals surface area contributed by atoms with Crippen molar-refractivity contribution in [3.8, 4) is 0 Å². The third kappa shape index (κ3) is 4.98. The summed E-state index contributed by atoms with van der Waals surface area (Å²) in [5, 5.41) is -0.0397. The van der Waals surface area contributed by atoms with Crippen molar-refractivity contribution in [2.24, 2.45) is 5.73 Å². The summed E-state index contributed by atoms with van der Waals surface area (Å²) in [4.78, 5) is -0.0615. The Bertz CT molecular complexity index is 729. The van der Waals surface area contributed by atoms with Gasteiger partial charge in [0.25, 0.3) is 0 Å². The summed E-state index contributed by atoms with van der Waals surface area (Å²) in [5.41, 5.74) is 5.86. The van der Waals surface area contributed by atoms with Crippen LogP contribution in [0.3, 0.4) is 0 Å². The third-order valence-corrected chi connectivity index (χ3v) is 5.40. The molecule has 20 heavy (non-hydrogen) atoms. The van der Waals surface area contributed by atoms with Crippen LogP contribution in [0.5, 0.6) is 0 Å². The molecule has 6 nitrogen and oxygen atoms in total. The lowest BCUT2D eigenvalue weighted by molar-refractivity contribution is 0.582. The van der Waals surface area contributed by atoms with Crippen LogP contribution in [-0.2, 0) is 19.9 Å². The lowest BCUT2D eigenvalue weighted by atomic mass is 10.2. The van der Waals surface area contributed by atoms with Crippen LogP contribution in [0.15, 0.2) is 23.1 Å². The van der Waals surface area contributed by atoms with Crippen molar-refractivity contribution < 1.29 is 16.8 Å². The van der Waals surface area contributed by atoms with E-state index in [1.54, 1.807) is 0 Å². The molecular formula is C10H13ClN2O4S3. The van der Waals surface area contributed by atoms with Crippen molar-refractivity contribution in [2.45, 2.75) is 4.90 Å². The molecule has 0 fully saturated rings. The zero-order chi connectivity index (χ0) is 15.6. The van der Waals surface area contributed by atoms with Gasteiger partial charge in [0.15, 0.2) is 0 Å². The molecule has 0 aromatic heterocycles. The second-order valence-electron chi connectivity index (χ2n) is 4.04. The van der Waals surface area contributed by atoms with Crippen molar-refractivity contribution in [1.29, 1.82) is 0 Å². The molecule has 0 aliphatic heterocycles. The van der Waals surface area contributed by atoms with E-state index in [1.165, 1.54) is 18.2 Å². The van der Waals surface area contributed by atoms with E-state index in [2.05, 4.69) is 4.72 Å². The van der Waals surface area contributed by atoms with Gasteiger partial charge in [0.05, 0.1) is 10.8 Å². The van der Waals surface area contributed by atoms with Crippen molar-refractivity contribution in [3.05, 3.63) is 28.8 Å². The lowest BCUT2D eigenvalue weighted by Crippen LogP contribution is -2.29. The van der Waals surface area contributed by atoms with Crippen molar-refractivity contribution in [1.82, 2.24) is 4.72 Å². The Morgan fingerprint density at radius 2 is 1.95 bits per heavy atom. The molecule has 0 atom stereocenters. The number of hydrogen-bond acceptors (Lipinski definition) is 5. The molecule has 3 N–H and O–H groups in total. The first-order valence-electron chi connectivity index (χ1n) is 5.30. The molecule has 0 amide bonds. The lowest BCUT2D eigenvalue weighted by Gasteiger charge is -2.09. The fourth-order valence-corrected chi connectivity index (χ4v) is 3.61. The molecule has 0 unspecified atom stereocenters. The van der Waals surface area contributed by atoms with Gasteiger partial charge in [-0.05, 0) is 12.1 Å². The molecule has 0 aliphatic rings. The van der Waals surface area contributed by atoms with E-state index in [9.17, 15) is 16.8 Å². The molecule has 0 saturated carbocycles. The highest BCUT2D eigenvalue weighted by atomic mass is 35.5. The number of benzene rings is 1. The van der Waals surface area contributed by atoms with Crippen molar-refractivity contribution in [3.63, 3.8) is 0 Å². The molecule has 0 bridgehead atoms. The Kier molecular flexibility index (Phi) is 5.50. The average Bonchev–Trinajstić information content (AvgIpc) is 2.26. The molecule has 0 radical (unpaired) electrons. The standard InChI is InChI=1S/C10H13ClN2O4S3/c1-19(14,15)5-4-13-20(16,17)9-3-2-7(10(12)18)6-8(9)11/h2-3,6,13H,4-5H2,1H3,(H2,12,18). The van der Waals surface area contributed by atoms with E-state index >= 15 is 0 Å². The summed E-state index contributed by atoms with van der Waals surface area (Å²) < 4.78 is 48.0. The summed E-state index contributed by atoms with van der Waals surface area (Å²) in [7, 11) is -7.14. The molecule has 10 heteroatoms. The minimum Gasteiger partial charge on any atom is -0.389 e. The number of rotatable bonds is 6. The Hall–Kier alpha value is -0.740. The second-order valence-corrected chi connectivity index (χ2v) is 8.88. The van der Waals surface area contributed by atoms with Crippen LogP contribution in [-0.4, -0.2) is 40.4 Å². The van der Waals surface area contributed by atoms with Crippen LogP contribution >= 0.6 is 23.8 Å². The summed E-state index contributed by atoms with van der Waals surface area (Å²) in [5.74, 6) is -0.297. The Labute approximate surface area is 128 Å². The van der Waals surface area contributed by atoms with E-state index in [4.69, 9.17) is 29.6 Å². The van der Waals surface area contributed by atoms with Crippen LogP contribution in [0.2, 0.25) is 5.02 Å². The number of nitrogens with one attached hydrogen (secondary N) is 1. The quantitative estimate of drug-likeness (QED) is 0.710. The monoisotopic (exact) mass is 356 g/mol. The molecular weight excluding hydrogens is 344 g/mol. The zero-order valence-corrected chi connectivity index (χ0v) is 13.7. The first-order valence-corrected chi connectivity index (χ1v) is 9.63.